The van der Waals surface area contributed by atoms with Crippen LogP contribution in [0.5, 0.6) is 0 Å². The van der Waals surface area contributed by atoms with Crippen molar-refractivity contribution in [1.82, 2.24) is 10.2 Å². The zero-order valence-electron chi connectivity index (χ0n) is 19.6. The van der Waals surface area contributed by atoms with Gasteiger partial charge in [0.2, 0.25) is 11.8 Å². The van der Waals surface area contributed by atoms with Crippen molar-refractivity contribution < 1.29 is 42.3 Å². The molecule has 0 aromatic heterocycles. The minimum Gasteiger partial charge on any atom is -0.511 e. The maximum atomic E-state index is 12.3. The summed E-state index contributed by atoms with van der Waals surface area (Å²) in [6, 6.07) is 10.8. The largest absolute Gasteiger partial charge is 0.511 e. The van der Waals surface area contributed by atoms with Gasteiger partial charge in [-0.2, -0.15) is 18.4 Å². The molecule has 2 aliphatic heterocycles. The molecule has 13 heteroatoms. The van der Waals surface area contributed by atoms with Crippen LogP contribution in [0.2, 0.25) is 0 Å². The predicted octanol–water partition coefficient (Wildman–Crippen LogP) is 3.09. The first-order chi connectivity index (χ1) is 17.8. The summed E-state index contributed by atoms with van der Waals surface area (Å²) in [6.07, 6.45) is -4.15. The van der Waals surface area contributed by atoms with Crippen LogP contribution >= 0.6 is 0 Å². The Labute approximate surface area is 213 Å². The summed E-state index contributed by atoms with van der Waals surface area (Å²) in [7, 11) is 0. The number of allylic oxidation sites excluding steroid dienone is 1. The van der Waals surface area contributed by atoms with E-state index in [1.807, 2.05) is 0 Å². The Morgan fingerprint density at radius 3 is 2.05 bits per heavy atom. The molecule has 0 aliphatic carbocycles. The molecule has 5 amide bonds. The third-order valence-electron chi connectivity index (χ3n) is 5.52. The minimum absolute atomic E-state index is 0.0898. The van der Waals surface area contributed by atoms with Crippen LogP contribution in [0.4, 0.5) is 18.9 Å². The van der Waals surface area contributed by atoms with Gasteiger partial charge >= 0.3 is 6.18 Å². The van der Waals surface area contributed by atoms with E-state index in [1.54, 1.807) is 24.3 Å². The van der Waals surface area contributed by atoms with E-state index >= 15 is 0 Å². The normalized spacial score (nSPS) is 17.4. The molecule has 0 saturated carbocycles. The van der Waals surface area contributed by atoms with Gasteiger partial charge in [-0.25, -0.2) is 0 Å². The summed E-state index contributed by atoms with van der Waals surface area (Å²) in [5.74, 6) is -3.28. The number of hydrogen-bond acceptors (Lipinski definition) is 7. The summed E-state index contributed by atoms with van der Waals surface area (Å²) in [6.45, 7) is 1.16. The number of benzene rings is 2. The van der Waals surface area contributed by atoms with Crippen LogP contribution in [0.3, 0.4) is 0 Å². The quantitative estimate of drug-likeness (QED) is 0.239. The molecule has 0 radical (unpaired) electrons. The van der Waals surface area contributed by atoms with E-state index in [2.05, 4.69) is 10.6 Å². The smallest absolute Gasteiger partial charge is 0.416 e. The maximum absolute atomic E-state index is 12.3. The lowest BCUT2D eigenvalue weighted by atomic mass is 10.0. The number of rotatable bonds is 3. The van der Waals surface area contributed by atoms with Crippen molar-refractivity contribution in [3.63, 3.8) is 0 Å². The van der Waals surface area contributed by atoms with E-state index in [4.69, 9.17) is 10.4 Å². The van der Waals surface area contributed by atoms with Gasteiger partial charge in [0.1, 0.15) is 17.9 Å². The van der Waals surface area contributed by atoms with Crippen molar-refractivity contribution in [2.75, 3.05) is 5.32 Å². The summed E-state index contributed by atoms with van der Waals surface area (Å²) >= 11 is 0. The topological polar surface area (TPSA) is 157 Å². The molecule has 38 heavy (non-hydrogen) atoms. The lowest BCUT2D eigenvalue weighted by Gasteiger charge is -2.27. The Kier molecular flexibility index (Phi) is 7.95. The zero-order valence-corrected chi connectivity index (χ0v) is 19.6. The van der Waals surface area contributed by atoms with E-state index < -0.39 is 52.7 Å². The van der Waals surface area contributed by atoms with Gasteiger partial charge in [0, 0.05) is 12.1 Å². The van der Waals surface area contributed by atoms with E-state index in [1.165, 1.54) is 6.07 Å². The first-order valence-electron chi connectivity index (χ1n) is 10.9. The standard InChI is InChI=1S/C13H10N2O4.C12H9F3N2O2/c16-10-6-5-9(11(17)14-10)15-12(18)7-3-1-2-4-8(7)13(15)19;1-7(18)10(6-16)11(19)17-9-4-2-8(3-5-9)12(13,14)15/h1-4,9H,5-6H2,(H,14,16,17);2-5,18H,1H3,(H,17,19)/b;10-7-. The van der Waals surface area contributed by atoms with E-state index in [9.17, 15) is 37.1 Å². The van der Waals surface area contributed by atoms with Crippen LogP contribution in [0.1, 0.15) is 46.0 Å². The number of hydrogen-bond donors (Lipinski definition) is 3. The van der Waals surface area contributed by atoms with Gasteiger partial charge in [-0.1, -0.05) is 12.1 Å². The van der Waals surface area contributed by atoms with Gasteiger partial charge in [-0.15, -0.1) is 0 Å². The Bertz CT molecular complexity index is 1350. The van der Waals surface area contributed by atoms with E-state index in [-0.39, 0.29) is 24.4 Å². The summed E-state index contributed by atoms with van der Waals surface area (Å²) < 4.78 is 36.9. The van der Waals surface area contributed by atoms with Gasteiger partial charge in [0.15, 0.2) is 5.57 Å². The SMILES string of the molecule is C/C(O)=C(\C#N)C(=O)Nc1ccc(C(F)(F)F)cc1.O=C1CCC(N2C(=O)c3ccccc3C2=O)C(=O)N1. The van der Waals surface area contributed by atoms with Gasteiger partial charge in [-0.3, -0.25) is 34.2 Å². The van der Waals surface area contributed by atoms with Crippen molar-refractivity contribution in [2.45, 2.75) is 32.0 Å². The second-order valence-electron chi connectivity index (χ2n) is 8.09. The number of carbonyl (C=O) groups is 5. The first-order valence-corrected chi connectivity index (χ1v) is 10.9. The Morgan fingerprint density at radius 2 is 1.61 bits per heavy atom. The number of aliphatic hydroxyl groups is 1. The average Bonchev–Trinajstić information content (AvgIpc) is 3.10. The fraction of sp³-hybridized carbons (Fsp3) is 0.200. The molecule has 196 valence electrons. The lowest BCUT2D eigenvalue weighted by molar-refractivity contribution is -0.138. The fourth-order valence-corrected chi connectivity index (χ4v) is 3.65. The van der Waals surface area contributed by atoms with Crippen LogP contribution in [-0.4, -0.2) is 45.6 Å². The van der Waals surface area contributed by atoms with Crippen molar-refractivity contribution >= 4 is 35.2 Å². The number of piperidine rings is 1. The number of nitrogens with zero attached hydrogens (tertiary/aromatic N) is 2. The number of carbonyl (C=O) groups excluding carboxylic acids is 5. The van der Waals surface area contributed by atoms with Crippen LogP contribution in [0.25, 0.3) is 0 Å². The number of fused-ring (bicyclic) bond motifs is 1. The average molecular weight is 528 g/mol. The number of imide groups is 2. The van der Waals surface area contributed by atoms with Gasteiger partial charge in [0.25, 0.3) is 17.7 Å². The lowest BCUT2D eigenvalue weighted by Crippen LogP contribution is -2.54. The molecule has 0 spiro atoms. The molecule has 3 N–H and O–H groups in total. The van der Waals surface area contributed by atoms with Gasteiger partial charge in [-0.05, 0) is 49.7 Å². The molecule has 2 aliphatic rings. The Hall–Kier alpha value is -4.99. The fourth-order valence-electron chi connectivity index (χ4n) is 3.65. The highest BCUT2D eigenvalue weighted by Crippen LogP contribution is 2.30. The maximum Gasteiger partial charge on any atom is 0.416 e. The van der Waals surface area contributed by atoms with Gasteiger partial charge < -0.3 is 10.4 Å². The number of halogens is 3. The van der Waals surface area contributed by atoms with Crippen LogP contribution in [-0.2, 0) is 20.6 Å². The van der Waals surface area contributed by atoms with Gasteiger partial charge in [0.05, 0.1) is 16.7 Å². The minimum atomic E-state index is -4.46. The molecule has 1 atom stereocenters. The molecule has 2 aromatic carbocycles. The summed E-state index contributed by atoms with van der Waals surface area (Å²) in [5.41, 5.74) is -0.652. The highest BCUT2D eigenvalue weighted by Gasteiger charge is 2.44. The molecular weight excluding hydrogens is 509 g/mol. The van der Waals surface area contributed by atoms with Crippen molar-refractivity contribution in [2.24, 2.45) is 0 Å². The second kappa shape index (κ2) is 11.0. The third-order valence-corrected chi connectivity index (χ3v) is 5.52. The Balaban J connectivity index is 0.000000211. The molecule has 1 fully saturated rings. The first kappa shape index (κ1) is 27.6. The third kappa shape index (κ3) is 5.86. The molecular formula is C25H19F3N4O6. The van der Waals surface area contributed by atoms with Crippen molar-refractivity contribution in [3.8, 4) is 6.07 Å². The Morgan fingerprint density at radius 1 is 1.05 bits per heavy atom. The monoisotopic (exact) mass is 528 g/mol. The van der Waals surface area contributed by atoms with E-state index in [0.29, 0.717) is 11.1 Å². The van der Waals surface area contributed by atoms with Crippen LogP contribution < -0.4 is 10.6 Å². The molecule has 10 nitrogen and oxygen atoms in total. The molecule has 1 unspecified atom stereocenters. The molecule has 2 heterocycles. The highest BCUT2D eigenvalue weighted by atomic mass is 19.4. The molecule has 2 aromatic rings. The molecule has 4 rings (SSSR count). The molecule has 0 bridgehead atoms. The number of anilines is 1. The molecule has 1 saturated heterocycles. The number of nitriles is 1. The summed E-state index contributed by atoms with van der Waals surface area (Å²) in [4.78, 5) is 59.6. The van der Waals surface area contributed by atoms with Crippen molar-refractivity contribution in [1.29, 1.82) is 5.26 Å². The van der Waals surface area contributed by atoms with E-state index in [0.717, 1.165) is 36.1 Å². The van der Waals surface area contributed by atoms with Crippen LogP contribution in [0, 0.1) is 11.3 Å². The van der Waals surface area contributed by atoms with Crippen LogP contribution in [0.15, 0.2) is 59.9 Å². The summed E-state index contributed by atoms with van der Waals surface area (Å²) in [5, 5.41) is 22.0. The number of alkyl halides is 3. The number of aliphatic hydroxyl groups excluding tert-OH is 1. The second-order valence-corrected chi connectivity index (χ2v) is 8.09. The zero-order chi connectivity index (χ0) is 28.2. The number of amides is 5. The number of nitrogens with one attached hydrogen (secondary N) is 2. The predicted molar refractivity (Wildman–Crippen MR) is 124 cm³/mol. The highest BCUT2D eigenvalue weighted by molar-refractivity contribution is 6.23. The van der Waals surface area contributed by atoms with Crippen molar-refractivity contribution in [3.05, 3.63) is 76.6 Å².